The number of nitrogens with zero attached hydrogens (tertiary/aromatic N) is 1. The van der Waals surface area contributed by atoms with Gasteiger partial charge < -0.3 is 9.47 Å². The molecule has 1 N–H and O–H groups in total. The van der Waals surface area contributed by atoms with Crippen molar-refractivity contribution in [3.05, 3.63) is 95.3 Å². The number of ether oxygens (including phenoxy) is 2. The number of nitrogens with one attached hydrogen (secondary N) is 1. The second kappa shape index (κ2) is 9.97. The van der Waals surface area contributed by atoms with Gasteiger partial charge in [-0.05, 0) is 66.6 Å². The smallest absolute Gasteiger partial charge is 0.346 e. The van der Waals surface area contributed by atoms with E-state index in [9.17, 15) is 14.0 Å². The number of benzene rings is 3. The van der Waals surface area contributed by atoms with Crippen LogP contribution >= 0.6 is 0 Å². The van der Waals surface area contributed by atoms with E-state index in [0.29, 0.717) is 11.3 Å². The Kier molecular flexibility index (Phi) is 6.89. The molecule has 0 saturated heterocycles. The summed E-state index contributed by atoms with van der Waals surface area (Å²) in [5, 5.41) is 3.86. The molecular formula is C23H19FN2O4. The van der Waals surface area contributed by atoms with Crippen LogP contribution in [0.2, 0.25) is 0 Å². The van der Waals surface area contributed by atoms with Crippen molar-refractivity contribution in [2.24, 2.45) is 5.10 Å². The molecular weight excluding hydrogens is 387 g/mol. The molecule has 0 atom stereocenters. The van der Waals surface area contributed by atoms with Crippen LogP contribution in [0.3, 0.4) is 0 Å². The van der Waals surface area contributed by atoms with Crippen molar-refractivity contribution in [3.63, 3.8) is 0 Å². The molecule has 0 aliphatic carbocycles. The van der Waals surface area contributed by atoms with Gasteiger partial charge >= 0.3 is 5.97 Å². The fourth-order valence-corrected chi connectivity index (χ4v) is 2.48. The zero-order valence-electron chi connectivity index (χ0n) is 16.2. The third kappa shape index (κ3) is 6.00. The third-order valence-corrected chi connectivity index (χ3v) is 3.95. The summed E-state index contributed by atoms with van der Waals surface area (Å²) in [5.41, 5.74) is 3.93. The Bertz CT molecular complexity index is 1060. The first-order valence-electron chi connectivity index (χ1n) is 9.09. The topological polar surface area (TPSA) is 77.0 Å². The van der Waals surface area contributed by atoms with E-state index in [2.05, 4.69) is 10.5 Å². The molecule has 0 unspecified atom stereocenters. The Balaban J connectivity index is 1.48. The number of carbonyl (C=O) groups is 2. The van der Waals surface area contributed by atoms with Gasteiger partial charge in [0.15, 0.2) is 6.61 Å². The van der Waals surface area contributed by atoms with Gasteiger partial charge in [0.25, 0.3) is 5.91 Å². The van der Waals surface area contributed by atoms with Crippen molar-refractivity contribution in [2.75, 3.05) is 6.61 Å². The molecule has 0 aliphatic rings. The Morgan fingerprint density at radius 2 is 1.77 bits per heavy atom. The lowest BCUT2D eigenvalue weighted by Gasteiger charge is -2.06. The molecule has 0 bridgehead atoms. The highest BCUT2D eigenvalue weighted by Gasteiger charge is 2.13. The molecule has 0 aliphatic heterocycles. The lowest BCUT2D eigenvalue weighted by atomic mass is 10.2. The van der Waals surface area contributed by atoms with Gasteiger partial charge in [0.05, 0.1) is 11.8 Å². The average molecular weight is 406 g/mol. The molecule has 3 aromatic rings. The maximum absolute atomic E-state index is 13.6. The first kappa shape index (κ1) is 20.7. The zero-order valence-corrected chi connectivity index (χ0v) is 16.2. The van der Waals surface area contributed by atoms with Gasteiger partial charge in [-0.3, -0.25) is 4.79 Å². The van der Waals surface area contributed by atoms with Crippen molar-refractivity contribution in [3.8, 4) is 11.5 Å². The highest BCUT2D eigenvalue weighted by molar-refractivity contribution is 5.91. The minimum atomic E-state index is -0.782. The maximum atomic E-state index is 13.6. The van der Waals surface area contributed by atoms with Crippen LogP contribution in [-0.4, -0.2) is 24.7 Å². The number of hydrogen-bond acceptors (Lipinski definition) is 5. The van der Waals surface area contributed by atoms with Gasteiger partial charge in [0.1, 0.15) is 17.3 Å². The summed E-state index contributed by atoms with van der Waals surface area (Å²) < 4.78 is 24.2. The largest absolute Gasteiger partial charge is 0.484 e. The molecule has 3 aromatic carbocycles. The maximum Gasteiger partial charge on any atom is 0.346 e. The quantitative estimate of drug-likeness (QED) is 0.280. The number of halogens is 1. The highest BCUT2D eigenvalue weighted by atomic mass is 19.1. The second-order valence-corrected chi connectivity index (χ2v) is 6.34. The van der Waals surface area contributed by atoms with E-state index < -0.39 is 17.7 Å². The predicted octanol–water partition coefficient (Wildman–Crippen LogP) is 3.88. The van der Waals surface area contributed by atoms with E-state index >= 15 is 0 Å². The van der Waals surface area contributed by atoms with Crippen LogP contribution in [0.15, 0.2) is 77.9 Å². The minimum Gasteiger partial charge on any atom is -0.484 e. The van der Waals surface area contributed by atoms with E-state index in [1.807, 2.05) is 25.1 Å². The van der Waals surface area contributed by atoms with Gasteiger partial charge in [0.2, 0.25) is 0 Å². The summed E-state index contributed by atoms with van der Waals surface area (Å²) in [5.74, 6) is -0.961. The zero-order chi connectivity index (χ0) is 21.3. The molecule has 7 heteroatoms. The van der Waals surface area contributed by atoms with Gasteiger partial charge in [-0.2, -0.15) is 5.10 Å². The van der Waals surface area contributed by atoms with Gasteiger partial charge in [-0.15, -0.1) is 0 Å². The van der Waals surface area contributed by atoms with Crippen molar-refractivity contribution in [1.29, 1.82) is 0 Å². The molecule has 0 saturated carbocycles. The van der Waals surface area contributed by atoms with Crippen molar-refractivity contribution in [1.82, 2.24) is 5.43 Å². The average Bonchev–Trinajstić information content (AvgIpc) is 2.74. The summed E-state index contributed by atoms with van der Waals surface area (Å²) in [6, 6.07) is 19.3. The Labute approximate surface area is 173 Å². The van der Waals surface area contributed by atoms with Gasteiger partial charge in [-0.25, -0.2) is 14.6 Å². The first-order valence-corrected chi connectivity index (χ1v) is 9.09. The Morgan fingerprint density at radius 3 is 2.50 bits per heavy atom. The summed E-state index contributed by atoms with van der Waals surface area (Å²) in [4.78, 5) is 23.8. The van der Waals surface area contributed by atoms with E-state index in [0.717, 1.165) is 5.56 Å². The molecule has 0 aromatic heterocycles. The molecule has 6 nitrogen and oxygen atoms in total. The van der Waals surface area contributed by atoms with Crippen LogP contribution in [0.5, 0.6) is 11.5 Å². The molecule has 1 amide bonds. The molecule has 30 heavy (non-hydrogen) atoms. The van der Waals surface area contributed by atoms with Crippen LogP contribution in [-0.2, 0) is 4.79 Å². The third-order valence-electron chi connectivity index (χ3n) is 3.95. The second-order valence-electron chi connectivity index (χ2n) is 6.34. The van der Waals surface area contributed by atoms with Crippen LogP contribution in [0, 0.1) is 12.7 Å². The van der Waals surface area contributed by atoms with E-state index in [-0.39, 0.29) is 17.9 Å². The van der Waals surface area contributed by atoms with Crippen molar-refractivity contribution < 1.29 is 23.5 Å². The van der Waals surface area contributed by atoms with Crippen molar-refractivity contribution in [2.45, 2.75) is 6.92 Å². The number of rotatable bonds is 7. The summed E-state index contributed by atoms with van der Waals surface area (Å²) in [7, 11) is 0. The molecule has 3 rings (SSSR count). The summed E-state index contributed by atoms with van der Waals surface area (Å²) in [6.07, 6.45) is 1.44. The molecule has 0 heterocycles. The molecule has 0 radical (unpaired) electrons. The van der Waals surface area contributed by atoms with E-state index in [1.54, 1.807) is 36.4 Å². The fourth-order valence-electron chi connectivity index (χ4n) is 2.48. The lowest BCUT2D eigenvalue weighted by Crippen LogP contribution is -2.24. The lowest BCUT2D eigenvalue weighted by molar-refractivity contribution is -0.123. The van der Waals surface area contributed by atoms with E-state index in [4.69, 9.17) is 9.47 Å². The summed E-state index contributed by atoms with van der Waals surface area (Å²) in [6.45, 7) is 1.77. The Hall–Kier alpha value is -4.00. The Morgan fingerprint density at radius 1 is 1.00 bits per heavy atom. The number of hydrogen-bond donors (Lipinski definition) is 1. The van der Waals surface area contributed by atoms with Crippen LogP contribution < -0.4 is 14.9 Å². The van der Waals surface area contributed by atoms with Crippen molar-refractivity contribution >= 4 is 18.1 Å². The molecule has 152 valence electrons. The van der Waals surface area contributed by atoms with Crippen LogP contribution in [0.1, 0.15) is 21.5 Å². The number of hydrazone groups is 1. The number of aryl methyl sites for hydroxylation is 1. The SMILES string of the molecule is Cc1cccc(OCC(=O)NN=Cc2ccc(OC(=O)c3ccccc3F)cc2)c1. The number of amides is 1. The summed E-state index contributed by atoms with van der Waals surface area (Å²) >= 11 is 0. The monoisotopic (exact) mass is 406 g/mol. The minimum absolute atomic E-state index is 0.140. The number of esters is 1. The predicted molar refractivity (Wildman–Crippen MR) is 110 cm³/mol. The van der Waals surface area contributed by atoms with Gasteiger partial charge in [-0.1, -0.05) is 24.3 Å². The van der Waals surface area contributed by atoms with Crippen LogP contribution in [0.25, 0.3) is 0 Å². The highest BCUT2D eigenvalue weighted by Crippen LogP contribution is 2.15. The standard InChI is InChI=1S/C23H19FN2O4/c1-16-5-4-6-19(13-16)29-15-22(27)26-25-14-17-9-11-18(12-10-17)30-23(28)20-7-2-3-8-21(20)24/h2-14H,15H2,1H3,(H,26,27). The normalized spacial score (nSPS) is 10.6. The molecule has 0 fully saturated rings. The molecule has 0 spiro atoms. The fraction of sp³-hybridized carbons (Fsp3) is 0.0870. The number of carbonyl (C=O) groups excluding carboxylic acids is 2. The van der Waals surface area contributed by atoms with E-state index in [1.165, 1.54) is 24.4 Å². The first-order chi connectivity index (χ1) is 14.5. The van der Waals surface area contributed by atoms with Crippen LogP contribution in [0.4, 0.5) is 4.39 Å². The van der Waals surface area contributed by atoms with Gasteiger partial charge in [0, 0.05) is 0 Å².